The summed E-state index contributed by atoms with van der Waals surface area (Å²) in [4.78, 5) is 36.7. The average molecular weight is 454 g/mol. The second-order valence-electron chi connectivity index (χ2n) is 6.71. The molecule has 6 nitrogen and oxygen atoms in total. The standard InChI is InChI=1S/C21H21F3N2O4S/c1-13(2)25-19(28)12-31-17-6-4-3-5-16(17)20(29)30-11-18(27)26-15-9-7-14(8-10-15)21(22,23)24/h3-10,13H,11-12H2,1-2H3,(H,25,28)(H,26,27). The third kappa shape index (κ3) is 7.97. The Balaban J connectivity index is 1.90. The lowest BCUT2D eigenvalue weighted by Crippen LogP contribution is -2.31. The highest BCUT2D eigenvalue weighted by atomic mass is 32.2. The fourth-order valence-corrected chi connectivity index (χ4v) is 3.27. The van der Waals surface area contributed by atoms with Gasteiger partial charge in [-0.25, -0.2) is 4.79 Å². The smallest absolute Gasteiger partial charge is 0.416 e. The predicted octanol–water partition coefficient (Wildman–Crippen LogP) is 4.12. The Kier molecular flexibility index (Phi) is 8.49. The number of carbonyl (C=O) groups is 3. The molecule has 0 aliphatic heterocycles. The SMILES string of the molecule is CC(C)NC(=O)CSc1ccccc1C(=O)OCC(=O)Nc1ccc(C(F)(F)F)cc1. The van der Waals surface area contributed by atoms with Gasteiger partial charge in [0.25, 0.3) is 5.91 Å². The van der Waals surface area contributed by atoms with Crippen molar-refractivity contribution in [3.05, 3.63) is 59.7 Å². The van der Waals surface area contributed by atoms with Gasteiger partial charge in [0.2, 0.25) is 5.91 Å². The van der Waals surface area contributed by atoms with Crippen molar-refractivity contribution in [3.8, 4) is 0 Å². The van der Waals surface area contributed by atoms with Gasteiger partial charge >= 0.3 is 12.1 Å². The topological polar surface area (TPSA) is 84.5 Å². The van der Waals surface area contributed by atoms with Gasteiger partial charge in [-0.15, -0.1) is 11.8 Å². The summed E-state index contributed by atoms with van der Waals surface area (Å²) in [5, 5.41) is 5.10. The number of nitrogens with one attached hydrogen (secondary N) is 2. The summed E-state index contributed by atoms with van der Waals surface area (Å²) in [5.41, 5.74) is -0.499. The Hall–Kier alpha value is -3.01. The Morgan fingerprint density at radius 3 is 2.26 bits per heavy atom. The monoisotopic (exact) mass is 454 g/mol. The summed E-state index contributed by atoms with van der Waals surface area (Å²) < 4.78 is 42.7. The summed E-state index contributed by atoms with van der Waals surface area (Å²) in [6, 6.07) is 10.4. The lowest BCUT2D eigenvalue weighted by Gasteiger charge is -2.11. The normalized spacial score (nSPS) is 11.2. The van der Waals surface area contributed by atoms with Gasteiger partial charge in [-0.2, -0.15) is 13.2 Å². The van der Waals surface area contributed by atoms with E-state index < -0.39 is 30.2 Å². The van der Waals surface area contributed by atoms with Crippen LogP contribution in [0, 0.1) is 0 Å². The number of rotatable bonds is 8. The molecule has 0 unspecified atom stereocenters. The van der Waals surface area contributed by atoms with Crippen molar-refractivity contribution in [2.75, 3.05) is 17.7 Å². The molecular weight excluding hydrogens is 433 g/mol. The largest absolute Gasteiger partial charge is 0.452 e. The molecule has 166 valence electrons. The molecule has 2 aromatic rings. The zero-order chi connectivity index (χ0) is 23.0. The second kappa shape index (κ2) is 10.9. The maximum Gasteiger partial charge on any atom is 0.416 e. The molecular formula is C21H21F3N2O4S. The first-order chi connectivity index (χ1) is 14.6. The number of alkyl halides is 3. The van der Waals surface area contributed by atoms with E-state index in [1.54, 1.807) is 18.2 Å². The van der Waals surface area contributed by atoms with Gasteiger partial charge in [0.1, 0.15) is 0 Å². The van der Waals surface area contributed by atoms with Gasteiger partial charge in [-0.1, -0.05) is 12.1 Å². The molecule has 2 rings (SSSR count). The molecule has 0 bridgehead atoms. The number of anilines is 1. The average Bonchev–Trinajstić information content (AvgIpc) is 2.70. The number of hydrogen-bond acceptors (Lipinski definition) is 5. The first-order valence-electron chi connectivity index (χ1n) is 9.21. The molecule has 0 aromatic heterocycles. The molecule has 0 radical (unpaired) electrons. The van der Waals surface area contributed by atoms with E-state index in [0.717, 1.165) is 36.0 Å². The minimum atomic E-state index is -4.47. The molecule has 31 heavy (non-hydrogen) atoms. The predicted molar refractivity (Wildman–Crippen MR) is 111 cm³/mol. The van der Waals surface area contributed by atoms with Gasteiger partial charge in [0, 0.05) is 16.6 Å². The molecule has 2 amide bonds. The molecule has 0 saturated carbocycles. The van der Waals surface area contributed by atoms with Gasteiger partial charge in [-0.05, 0) is 50.2 Å². The highest BCUT2D eigenvalue weighted by molar-refractivity contribution is 8.00. The lowest BCUT2D eigenvalue weighted by atomic mass is 10.2. The molecule has 0 heterocycles. The molecule has 0 saturated heterocycles. The van der Waals surface area contributed by atoms with Crippen LogP contribution in [-0.2, 0) is 20.5 Å². The third-order valence-electron chi connectivity index (χ3n) is 3.75. The number of ether oxygens (including phenoxy) is 1. The van der Waals surface area contributed by atoms with Crippen LogP contribution in [-0.4, -0.2) is 36.2 Å². The van der Waals surface area contributed by atoms with Gasteiger partial charge in [0.15, 0.2) is 6.61 Å². The quantitative estimate of drug-likeness (QED) is 0.463. The maximum atomic E-state index is 12.6. The Morgan fingerprint density at radius 1 is 1.00 bits per heavy atom. The molecule has 10 heteroatoms. The van der Waals surface area contributed by atoms with Gasteiger partial charge < -0.3 is 15.4 Å². The van der Waals surface area contributed by atoms with Crippen LogP contribution in [0.3, 0.4) is 0 Å². The summed E-state index contributed by atoms with van der Waals surface area (Å²) >= 11 is 1.16. The number of benzene rings is 2. The summed E-state index contributed by atoms with van der Waals surface area (Å²) in [6.07, 6.45) is -4.47. The Bertz CT molecular complexity index is 931. The van der Waals surface area contributed by atoms with Crippen LogP contribution in [0.25, 0.3) is 0 Å². The van der Waals surface area contributed by atoms with E-state index in [9.17, 15) is 27.6 Å². The number of thioether (sulfide) groups is 1. The Labute approximate surface area is 181 Å². The summed E-state index contributed by atoms with van der Waals surface area (Å²) in [5.74, 6) is -1.53. The molecule has 0 fully saturated rings. The molecule has 0 spiro atoms. The van der Waals surface area contributed by atoms with Crippen LogP contribution in [0.1, 0.15) is 29.8 Å². The molecule has 2 aromatic carbocycles. The van der Waals surface area contributed by atoms with Crippen molar-refractivity contribution in [1.29, 1.82) is 0 Å². The van der Waals surface area contributed by atoms with E-state index >= 15 is 0 Å². The molecule has 0 atom stereocenters. The van der Waals surface area contributed by atoms with Crippen LogP contribution >= 0.6 is 11.8 Å². The minimum Gasteiger partial charge on any atom is -0.452 e. The number of hydrogen-bond donors (Lipinski definition) is 2. The first-order valence-corrected chi connectivity index (χ1v) is 10.2. The van der Waals surface area contributed by atoms with Crippen molar-refractivity contribution in [3.63, 3.8) is 0 Å². The molecule has 0 aliphatic rings. The lowest BCUT2D eigenvalue weighted by molar-refractivity contribution is -0.137. The van der Waals surface area contributed by atoms with E-state index in [4.69, 9.17) is 4.74 Å². The van der Waals surface area contributed by atoms with Crippen LogP contribution in [0.15, 0.2) is 53.4 Å². The van der Waals surface area contributed by atoms with E-state index in [1.807, 2.05) is 13.8 Å². The highest BCUT2D eigenvalue weighted by Gasteiger charge is 2.30. The summed E-state index contributed by atoms with van der Waals surface area (Å²) in [6.45, 7) is 3.06. The fourth-order valence-electron chi connectivity index (χ4n) is 2.42. The van der Waals surface area contributed by atoms with Crippen LogP contribution in [0.2, 0.25) is 0 Å². The second-order valence-corrected chi connectivity index (χ2v) is 7.72. The van der Waals surface area contributed by atoms with Gasteiger partial charge in [-0.3, -0.25) is 9.59 Å². The van der Waals surface area contributed by atoms with Crippen LogP contribution in [0.5, 0.6) is 0 Å². The number of amides is 2. The van der Waals surface area contributed by atoms with Crippen molar-refractivity contribution < 1.29 is 32.3 Å². The van der Waals surface area contributed by atoms with Crippen LogP contribution < -0.4 is 10.6 Å². The van der Waals surface area contributed by atoms with E-state index in [-0.39, 0.29) is 29.0 Å². The van der Waals surface area contributed by atoms with Gasteiger partial charge in [0.05, 0.1) is 16.9 Å². The zero-order valence-corrected chi connectivity index (χ0v) is 17.6. The van der Waals surface area contributed by atoms with Crippen LogP contribution in [0.4, 0.5) is 18.9 Å². The minimum absolute atomic E-state index is 0.00325. The summed E-state index contributed by atoms with van der Waals surface area (Å²) in [7, 11) is 0. The Morgan fingerprint density at radius 2 is 1.65 bits per heavy atom. The van der Waals surface area contributed by atoms with Crippen molar-refractivity contribution in [1.82, 2.24) is 5.32 Å². The highest BCUT2D eigenvalue weighted by Crippen LogP contribution is 2.29. The van der Waals surface area contributed by atoms with Crippen molar-refractivity contribution in [2.24, 2.45) is 0 Å². The number of carbonyl (C=O) groups excluding carboxylic acids is 3. The van der Waals surface area contributed by atoms with E-state index in [1.165, 1.54) is 6.07 Å². The molecule has 0 aliphatic carbocycles. The maximum absolute atomic E-state index is 12.6. The van der Waals surface area contributed by atoms with E-state index in [0.29, 0.717) is 4.90 Å². The van der Waals surface area contributed by atoms with E-state index in [2.05, 4.69) is 10.6 Å². The molecule has 2 N–H and O–H groups in total. The third-order valence-corrected chi connectivity index (χ3v) is 4.82. The first kappa shape index (κ1) is 24.3. The fraction of sp³-hybridized carbons (Fsp3) is 0.286. The van der Waals surface area contributed by atoms with Crippen molar-refractivity contribution in [2.45, 2.75) is 31.0 Å². The number of halogens is 3. The zero-order valence-electron chi connectivity index (χ0n) is 16.8. The number of esters is 1. The van der Waals surface area contributed by atoms with Crippen molar-refractivity contribution >= 4 is 35.2 Å².